The van der Waals surface area contributed by atoms with Gasteiger partial charge in [0, 0.05) is 23.9 Å². The van der Waals surface area contributed by atoms with Gasteiger partial charge in [-0.3, -0.25) is 9.36 Å². The maximum Gasteiger partial charge on any atom is 0.248 e. The van der Waals surface area contributed by atoms with Crippen LogP contribution in [-0.4, -0.2) is 35.8 Å². The number of anilines is 1. The first-order valence-corrected chi connectivity index (χ1v) is 9.51. The number of fused-ring (bicyclic) bond motifs is 3. The van der Waals surface area contributed by atoms with Crippen LogP contribution in [-0.2, 0) is 0 Å². The summed E-state index contributed by atoms with van der Waals surface area (Å²) >= 11 is 0. The Morgan fingerprint density at radius 1 is 1.30 bits per heavy atom. The Kier molecular flexibility index (Phi) is 3.77. The second-order valence-corrected chi connectivity index (χ2v) is 7.17. The fourth-order valence-corrected chi connectivity index (χ4v) is 4.37. The van der Waals surface area contributed by atoms with E-state index in [1.807, 2.05) is 16.8 Å². The van der Waals surface area contributed by atoms with E-state index in [9.17, 15) is 4.79 Å². The first kappa shape index (κ1) is 16.2. The molecule has 3 aromatic rings. The van der Waals surface area contributed by atoms with E-state index < -0.39 is 0 Å². The molecule has 0 spiro atoms. The fourth-order valence-electron chi connectivity index (χ4n) is 4.37. The highest BCUT2D eigenvalue weighted by Crippen LogP contribution is 2.42. The minimum atomic E-state index is -0.158. The van der Waals surface area contributed by atoms with Crippen molar-refractivity contribution in [2.24, 2.45) is 0 Å². The van der Waals surface area contributed by atoms with E-state index in [4.69, 9.17) is 4.98 Å². The van der Waals surface area contributed by atoms with Crippen molar-refractivity contribution in [1.29, 1.82) is 0 Å². The maximum absolute atomic E-state index is 11.7. The highest BCUT2D eigenvalue weighted by atomic mass is 16.1. The van der Waals surface area contributed by atoms with Gasteiger partial charge in [-0.25, -0.2) is 9.97 Å². The van der Waals surface area contributed by atoms with Gasteiger partial charge in [-0.2, -0.15) is 0 Å². The minimum absolute atomic E-state index is 0.144. The lowest BCUT2D eigenvalue weighted by Crippen LogP contribution is -2.42. The smallest absolute Gasteiger partial charge is 0.248 e. The summed E-state index contributed by atoms with van der Waals surface area (Å²) in [6, 6.07) is 3.95. The number of nitrogens with one attached hydrogen (secondary N) is 1. The zero-order valence-electron chi connectivity index (χ0n) is 15.2. The molecule has 1 N–H and O–H groups in total. The molecule has 1 saturated carbocycles. The molecule has 8 heteroatoms. The van der Waals surface area contributed by atoms with Crippen LogP contribution >= 0.6 is 0 Å². The quantitative estimate of drug-likeness (QED) is 0.769. The van der Waals surface area contributed by atoms with Gasteiger partial charge in [0.05, 0.1) is 12.2 Å². The van der Waals surface area contributed by atoms with E-state index in [1.165, 1.54) is 18.9 Å². The first-order chi connectivity index (χ1) is 13.3. The van der Waals surface area contributed by atoms with E-state index in [-0.39, 0.29) is 11.6 Å². The molecule has 1 unspecified atom stereocenters. The molecule has 0 amide bonds. The predicted molar refractivity (Wildman–Crippen MR) is 101 cm³/mol. The fraction of sp³-hybridized carbons (Fsp3) is 0.421. The summed E-state index contributed by atoms with van der Waals surface area (Å²) < 4.78 is 2.00. The topological polar surface area (TPSA) is 92.6 Å². The maximum atomic E-state index is 11.7. The highest BCUT2D eigenvalue weighted by Gasteiger charge is 2.38. The van der Waals surface area contributed by atoms with Crippen LogP contribution in [0, 0.1) is 0 Å². The molecular weight excluding hydrogens is 342 g/mol. The third kappa shape index (κ3) is 2.55. The van der Waals surface area contributed by atoms with Crippen LogP contribution in [0.2, 0.25) is 0 Å². The van der Waals surface area contributed by atoms with Crippen molar-refractivity contribution in [3.05, 3.63) is 47.0 Å². The average molecular weight is 363 g/mol. The van der Waals surface area contributed by atoms with Crippen LogP contribution in [0.25, 0.3) is 17.1 Å². The number of aromatic amines is 1. The van der Waals surface area contributed by atoms with Gasteiger partial charge in [-0.1, -0.05) is 19.8 Å². The monoisotopic (exact) mass is 363 g/mol. The van der Waals surface area contributed by atoms with Crippen LogP contribution < -0.4 is 10.5 Å². The number of hydrogen-bond donors (Lipinski definition) is 1. The van der Waals surface area contributed by atoms with E-state index in [0.29, 0.717) is 11.9 Å². The molecule has 5 rings (SSSR count). The van der Waals surface area contributed by atoms with E-state index in [1.54, 1.807) is 12.5 Å². The lowest BCUT2D eigenvalue weighted by atomic mass is 10.0. The number of rotatable bonds is 3. The minimum Gasteiger partial charge on any atom is -0.342 e. The molecule has 0 saturated heterocycles. The molecule has 1 aliphatic carbocycles. The van der Waals surface area contributed by atoms with Crippen LogP contribution in [0.4, 0.5) is 5.82 Å². The molecule has 1 aliphatic heterocycles. The molecule has 2 aliphatic rings. The van der Waals surface area contributed by atoms with Crippen molar-refractivity contribution in [1.82, 2.24) is 29.7 Å². The van der Waals surface area contributed by atoms with Gasteiger partial charge in [-0.15, -0.1) is 10.2 Å². The third-order valence-corrected chi connectivity index (χ3v) is 5.60. The van der Waals surface area contributed by atoms with Crippen molar-refractivity contribution in [3.63, 3.8) is 0 Å². The summed E-state index contributed by atoms with van der Waals surface area (Å²) in [7, 11) is 0. The predicted octanol–water partition coefficient (Wildman–Crippen LogP) is 2.63. The Labute approximate surface area is 156 Å². The standard InChI is InChI=1S/C19H21N7O/c1-2-14-19-24-22-11-25(19)15-10-21-17(12-7-8-20-16(27)9-12)23-18(15)26(14)13-5-3-4-6-13/h7-11,13-14H,2-6H2,1H3,(H,20,27). The van der Waals surface area contributed by atoms with Gasteiger partial charge in [0.1, 0.15) is 12.0 Å². The SMILES string of the molecule is CCC1c2nncn2-c2cnc(-c3cc[nH]c(=O)c3)nc2N1C1CCCC1. The Morgan fingerprint density at radius 2 is 2.15 bits per heavy atom. The number of pyridine rings is 1. The molecule has 27 heavy (non-hydrogen) atoms. The Morgan fingerprint density at radius 3 is 2.93 bits per heavy atom. The summed E-state index contributed by atoms with van der Waals surface area (Å²) in [6.45, 7) is 2.18. The van der Waals surface area contributed by atoms with Crippen molar-refractivity contribution < 1.29 is 0 Å². The van der Waals surface area contributed by atoms with Crippen molar-refractivity contribution in [3.8, 4) is 17.1 Å². The van der Waals surface area contributed by atoms with Crippen molar-refractivity contribution >= 4 is 5.82 Å². The van der Waals surface area contributed by atoms with Gasteiger partial charge < -0.3 is 9.88 Å². The summed E-state index contributed by atoms with van der Waals surface area (Å²) in [4.78, 5) is 26.2. The number of nitrogens with zero attached hydrogens (tertiary/aromatic N) is 6. The molecule has 0 bridgehead atoms. The van der Waals surface area contributed by atoms with Crippen LogP contribution in [0.15, 0.2) is 35.6 Å². The summed E-state index contributed by atoms with van der Waals surface area (Å²) in [5, 5.41) is 8.53. The normalized spacial score (nSPS) is 19.1. The lowest BCUT2D eigenvalue weighted by molar-refractivity contribution is 0.469. The van der Waals surface area contributed by atoms with E-state index in [0.717, 1.165) is 42.2 Å². The Bertz CT molecular complexity index is 1030. The van der Waals surface area contributed by atoms with Gasteiger partial charge in [0.15, 0.2) is 17.5 Å². The molecule has 0 aromatic carbocycles. The molecular formula is C19H21N7O. The summed E-state index contributed by atoms with van der Waals surface area (Å²) in [6.07, 6.45) is 10.9. The zero-order valence-corrected chi connectivity index (χ0v) is 15.2. The molecule has 4 heterocycles. The van der Waals surface area contributed by atoms with Crippen molar-refractivity contribution in [2.75, 3.05) is 4.90 Å². The zero-order chi connectivity index (χ0) is 18.4. The van der Waals surface area contributed by atoms with E-state index >= 15 is 0 Å². The molecule has 3 aromatic heterocycles. The van der Waals surface area contributed by atoms with Gasteiger partial charge in [-0.05, 0) is 25.3 Å². The van der Waals surface area contributed by atoms with Crippen molar-refractivity contribution in [2.45, 2.75) is 51.1 Å². The van der Waals surface area contributed by atoms with Gasteiger partial charge in [0.2, 0.25) is 5.56 Å². The Hall–Kier alpha value is -3.03. The molecule has 1 atom stereocenters. The average Bonchev–Trinajstić information content (AvgIpc) is 3.38. The van der Waals surface area contributed by atoms with Gasteiger partial charge >= 0.3 is 0 Å². The second kappa shape index (κ2) is 6.29. The van der Waals surface area contributed by atoms with E-state index in [2.05, 4.69) is 32.0 Å². The Balaban J connectivity index is 1.70. The van der Waals surface area contributed by atoms with Gasteiger partial charge in [0.25, 0.3) is 0 Å². The second-order valence-electron chi connectivity index (χ2n) is 7.17. The molecule has 8 nitrogen and oxygen atoms in total. The lowest BCUT2D eigenvalue weighted by Gasteiger charge is -2.40. The molecule has 1 fully saturated rings. The largest absolute Gasteiger partial charge is 0.342 e. The molecule has 0 radical (unpaired) electrons. The highest BCUT2D eigenvalue weighted by molar-refractivity contribution is 5.66. The summed E-state index contributed by atoms with van der Waals surface area (Å²) in [5.74, 6) is 2.42. The van der Waals surface area contributed by atoms with Crippen LogP contribution in [0.3, 0.4) is 0 Å². The molecule has 138 valence electrons. The number of hydrogen-bond acceptors (Lipinski definition) is 6. The first-order valence-electron chi connectivity index (χ1n) is 9.51. The number of H-pyrrole nitrogens is 1. The third-order valence-electron chi connectivity index (χ3n) is 5.60. The number of aromatic nitrogens is 6. The summed E-state index contributed by atoms with van der Waals surface area (Å²) in [5.41, 5.74) is 1.46. The van der Waals surface area contributed by atoms with Crippen LogP contribution in [0.5, 0.6) is 0 Å². The van der Waals surface area contributed by atoms with Crippen LogP contribution in [0.1, 0.15) is 50.9 Å².